The molecule has 0 atom stereocenters. The predicted molar refractivity (Wildman–Crippen MR) is 87.7 cm³/mol. The van der Waals surface area contributed by atoms with Gasteiger partial charge in [0.1, 0.15) is 11.6 Å². The van der Waals surface area contributed by atoms with E-state index in [-0.39, 0.29) is 5.82 Å². The van der Waals surface area contributed by atoms with E-state index in [9.17, 15) is 4.39 Å². The third-order valence-corrected chi connectivity index (χ3v) is 4.36. The number of hydrogen-bond donors (Lipinski definition) is 1. The number of anilines is 1. The largest absolute Gasteiger partial charge is 0.371 e. The molecule has 2 aromatic carbocycles. The van der Waals surface area contributed by atoms with Crippen molar-refractivity contribution in [2.45, 2.75) is 19.8 Å². The molecule has 0 aliphatic carbocycles. The summed E-state index contributed by atoms with van der Waals surface area (Å²) < 4.78 is 13.3. The summed E-state index contributed by atoms with van der Waals surface area (Å²) in [6, 6.07) is 11.0. The van der Waals surface area contributed by atoms with Crippen molar-refractivity contribution in [1.29, 1.82) is 0 Å². The molecule has 0 radical (unpaired) electrons. The summed E-state index contributed by atoms with van der Waals surface area (Å²) >= 11 is 0. The Kier molecular flexibility index (Phi) is 3.10. The van der Waals surface area contributed by atoms with Crippen molar-refractivity contribution in [1.82, 2.24) is 9.97 Å². The fourth-order valence-corrected chi connectivity index (χ4v) is 3.23. The van der Waals surface area contributed by atoms with E-state index in [1.807, 2.05) is 0 Å². The molecule has 3 nitrogen and oxygen atoms in total. The summed E-state index contributed by atoms with van der Waals surface area (Å²) in [6.07, 6.45) is 2.55. The molecule has 1 aliphatic heterocycles. The first-order valence-electron chi connectivity index (χ1n) is 7.72. The molecule has 4 heteroatoms. The summed E-state index contributed by atoms with van der Waals surface area (Å²) in [5.74, 6) is 0.542. The Hall–Kier alpha value is -2.36. The zero-order valence-corrected chi connectivity index (χ0v) is 12.6. The van der Waals surface area contributed by atoms with Gasteiger partial charge in [0.25, 0.3) is 0 Å². The molecule has 1 aliphatic rings. The topological polar surface area (TPSA) is 31.9 Å². The van der Waals surface area contributed by atoms with Crippen molar-refractivity contribution < 1.29 is 4.39 Å². The van der Waals surface area contributed by atoms with E-state index in [0.717, 1.165) is 35.5 Å². The average molecular weight is 295 g/mol. The first-order chi connectivity index (χ1) is 10.7. The van der Waals surface area contributed by atoms with Gasteiger partial charge in [0, 0.05) is 24.3 Å². The fraction of sp³-hybridized carbons (Fsp3) is 0.278. The van der Waals surface area contributed by atoms with E-state index >= 15 is 0 Å². The lowest BCUT2D eigenvalue weighted by Gasteiger charge is -2.20. The highest BCUT2D eigenvalue weighted by Gasteiger charge is 2.15. The molecule has 0 bridgehead atoms. The van der Waals surface area contributed by atoms with Crippen molar-refractivity contribution >= 4 is 16.7 Å². The molecule has 0 saturated carbocycles. The van der Waals surface area contributed by atoms with Gasteiger partial charge >= 0.3 is 0 Å². The summed E-state index contributed by atoms with van der Waals surface area (Å²) in [5, 5.41) is 0. The number of hydrogen-bond acceptors (Lipinski definition) is 2. The van der Waals surface area contributed by atoms with Gasteiger partial charge in [-0.25, -0.2) is 9.37 Å². The van der Waals surface area contributed by atoms with E-state index < -0.39 is 0 Å². The first kappa shape index (κ1) is 13.3. The quantitative estimate of drug-likeness (QED) is 0.765. The molecule has 3 aromatic rings. The number of aromatic nitrogens is 2. The Morgan fingerprint density at radius 3 is 2.68 bits per heavy atom. The van der Waals surface area contributed by atoms with Crippen LogP contribution in [0, 0.1) is 12.7 Å². The third kappa shape index (κ3) is 2.25. The van der Waals surface area contributed by atoms with E-state index in [2.05, 4.69) is 40.0 Å². The summed E-state index contributed by atoms with van der Waals surface area (Å²) in [7, 11) is 0. The maximum Gasteiger partial charge on any atom is 0.138 e. The monoisotopic (exact) mass is 295 g/mol. The SMILES string of the molecule is Cc1cc(-c2nc3ccc(F)cc3[nH]2)ccc1N1CCCC1. The molecule has 0 amide bonds. The highest BCUT2D eigenvalue weighted by molar-refractivity contribution is 5.80. The molecule has 112 valence electrons. The van der Waals surface area contributed by atoms with Gasteiger partial charge in [-0.2, -0.15) is 0 Å². The van der Waals surface area contributed by atoms with Crippen LogP contribution in [0.5, 0.6) is 0 Å². The minimum absolute atomic E-state index is 0.247. The standard InChI is InChI=1S/C18H18FN3/c1-12-10-13(4-7-17(12)22-8-2-3-9-22)18-20-15-6-5-14(19)11-16(15)21-18/h4-7,10-11H,2-3,8-9H2,1H3,(H,20,21). The van der Waals surface area contributed by atoms with Crippen LogP contribution in [0.2, 0.25) is 0 Å². The highest BCUT2D eigenvalue weighted by atomic mass is 19.1. The van der Waals surface area contributed by atoms with Crippen LogP contribution in [0.15, 0.2) is 36.4 Å². The van der Waals surface area contributed by atoms with Crippen molar-refractivity contribution in [3.8, 4) is 11.4 Å². The molecular formula is C18H18FN3. The van der Waals surface area contributed by atoms with Crippen molar-refractivity contribution in [2.24, 2.45) is 0 Å². The minimum atomic E-state index is -0.247. The number of rotatable bonds is 2. The second-order valence-electron chi connectivity index (χ2n) is 5.94. The van der Waals surface area contributed by atoms with Gasteiger partial charge in [0.15, 0.2) is 0 Å². The molecule has 1 fully saturated rings. The Morgan fingerprint density at radius 2 is 1.91 bits per heavy atom. The number of fused-ring (bicyclic) bond motifs is 1. The van der Waals surface area contributed by atoms with Crippen LogP contribution in [0.25, 0.3) is 22.4 Å². The number of aryl methyl sites for hydroxylation is 1. The van der Waals surface area contributed by atoms with Gasteiger partial charge in [0.2, 0.25) is 0 Å². The molecule has 0 spiro atoms. The molecule has 1 aromatic heterocycles. The van der Waals surface area contributed by atoms with E-state index in [4.69, 9.17) is 0 Å². The summed E-state index contributed by atoms with van der Waals surface area (Å²) in [5.41, 5.74) is 5.13. The Balaban J connectivity index is 1.73. The van der Waals surface area contributed by atoms with Crippen LogP contribution < -0.4 is 4.90 Å². The van der Waals surface area contributed by atoms with Crippen LogP contribution in [0.3, 0.4) is 0 Å². The maximum atomic E-state index is 13.3. The van der Waals surface area contributed by atoms with Crippen LogP contribution in [-0.4, -0.2) is 23.1 Å². The number of halogens is 1. The third-order valence-electron chi connectivity index (χ3n) is 4.36. The number of benzene rings is 2. The Morgan fingerprint density at radius 1 is 1.09 bits per heavy atom. The second kappa shape index (κ2) is 5.13. The maximum absolute atomic E-state index is 13.3. The predicted octanol–water partition coefficient (Wildman–Crippen LogP) is 4.28. The van der Waals surface area contributed by atoms with E-state index in [1.54, 1.807) is 6.07 Å². The van der Waals surface area contributed by atoms with Crippen LogP contribution >= 0.6 is 0 Å². The molecule has 1 N–H and O–H groups in total. The lowest BCUT2D eigenvalue weighted by Crippen LogP contribution is -2.18. The van der Waals surface area contributed by atoms with Gasteiger partial charge < -0.3 is 9.88 Å². The van der Waals surface area contributed by atoms with Crippen LogP contribution in [-0.2, 0) is 0 Å². The lowest BCUT2D eigenvalue weighted by atomic mass is 10.1. The molecule has 4 rings (SSSR count). The zero-order valence-electron chi connectivity index (χ0n) is 12.6. The lowest BCUT2D eigenvalue weighted by molar-refractivity contribution is 0.629. The summed E-state index contributed by atoms with van der Waals surface area (Å²) in [6.45, 7) is 4.42. The van der Waals surface area contributed by atoms with Crippen molar-refractivity contribution in [3.63, 3.8) is 0 Å². The second-order valence-corrected chi connectivity index (χ2v) is 5.94. The number of imidazole rings is 1. The smallest absolute Gasteiger partial charge is 0.138 e. The van der Waals surface area contributed by atoms with Gasteiger partial charge in [-0.05, 0) is 61.7 Å². The van der Waals surface area contributed by atoms with Gasteiger partial charge in [-0.1, -0.05) is 0 Å². The molecular weight excluding hydrogens is 277 g/mol. The Labute approximate surface area is 128 Å². The fourth-order valence-electron chi connectivity index (χ4n) is 3.23. The first-order valence-corrected chi connectivity index (χ1v) is 7.72. The molecule has 2 heterocycles. The number of nitrogens with zero attached hydrogens (tertiary/aromatic N) is 2. The Bertz CT molecular complexity index is 831. The molecule has 0 unspecified atom stereocenters. The normalized spacial score (nSPS) is 14.9. The van der Waals surface area contributed by atoms with Gasteiger partial charge in [-0.15, -0.1) is 0 Å². The van der Waals surface area contributed by atoms with Crippen molar-refractivity contribution in [2.75, 3.05) is 18.0 Å². The molecule has 1 saturated heterocycles. The van der Waals surface area contributed by atoms with Crippen molar-refractivity contribution in [3.05, 3.63) is 47.8 Å². The minimum Gasteiger partial charge on any atom is -0.371 e. The van der Waals surface area contributed by atoms with E-state index in [0.29, 0.717) is 0 Å². The number of aromatic amines is 1. The van der Waals surface area contributed by atoms with Crippen LogP contribution in [0.1, 0.15) is 18.4 Å². The molecule has 22 heavy (non-hydrogen) atoms. The van der Waals surface area contributed by atoms with Gasteiger partial charge in [0.05, 0.1) is 11.0 Å². The zero-order chi connectivity index (χ0) is 15.1. The van der Waals surface area contributed by atoms with E-state index in [1.165, 1.54) is 36.2 Å². The number of H-pyrrole nitrogens is 1. The highest BCUT2D eigenvalue weighted by Crippen LogP contribution is 2.29. The van der Waals surface area contributed by atoms with Gasteiger partial charge in [-0.3, -0.25) is 0 Å². The number of nitrogens with one attached hydrogen (secondary N) is 1. The average Bonchev–Trinajstić information content (AvgIpc) is 3.15. The summed E-state index contributed by atoms with van der Waals surface area (Å²) in [4.78, 5) is 10.2. The van der Waals surface area contributed by atoms with Crippen LogP contribution in [0.4, 0.5) is 10.1 Å².